The summed E-state index contributed by atoms with van der Waals surface area (Å²) < 4.78 is 5.09. The molecule has 0 saturated carbocycles. The van der Waals surface area contributed by atoms with E-state index in [4.69, 9.17) is 0 Å². The Bertz CT molecular complexity index is 4690. The third-order valence-corrected chi connectivity index (χ3v) is 19.9. The summed E-state index contributed by atoms with van der Waals surface area (Å²) in [5, 5.41) is 13.0. The van der Waals surface area contributed by atoms with Crippen molar-refractivity contribution in [3.05, 3.63) is 251 Å². The Labute approximate surface area is 505 Å². The van der Waals surface area contributed by atoms with E-state index >= 15 is 0 Å². The van der Waals surface area contributed by atoms with E-state index in [1.54, 1.807) is 0 Å². The normalized spacial score (nSPS) is 13.6. The summed E-state index contributed by atoms with van der Waals surface area (Å²) >= 11 is 0. The van der Waals surface area contributed by atoms with Gasteiger partial charge in [0.1, 0.15) is 0 Å². The van der Waals surface area contributed by atoms with E-state index in [0.29, 0.717) is 0 Å². The van der Waals surface area contributed by atoms with Crippen LogP contribution in [-0.2, 0) is 38.5 Å². The predicted molar refractivity (Wildman–Crippen MR) is 368 cm³/mol. The molecule has 0 saturated heterocycles. The lowest BCUT2D eigenvalue weighted by Gasteiger charge is -2.34. The number of fused-ring (bicyclic) bond motifs is 8. The number of hydrogen-bond donors (Lipinski definition) is 0. The third kappa shape index (κ3) is 7.94. The van der Waals surface area contributed by atoms with Crippen LogP contribution in [0, 0.1) is 0 Å². The van der Waals surface area contributed by atoms with Gasteiger partial charge in [-0.25, -0.2) is 0 Å². The summed E-state index contributed by atoms with van der Waals surface area (Å²) in [6.45, 7) is 14.2. The van der Waals surface area contributed by atoms with Crippen LogP contribution >= 0.6 is 0 Å². The zero-order chi connectivity index (χ0) is 57.9. The maximum atomic E-state index is 2.73. The molecule has 2 heterocycles. The lowest BCUT2D eigenvalue weighted by molar-refractivity contribution is 0.686. The number of para-hydroxylation sites is 4. The van der Waals surface area contributed by atoms with Crippen molar-refractivity contribution in [3.63, 3.8) is 0 Å². The molecule has 4 heteroatoms. The van der Waals surface area contributed by atoms with Gasteiger partial charge in [-0.3, -0.25) is 0 Å². The molecule has 14 aromatic rings. The lowest BCUT2D eigenvalue weighted by atomic mass is 9.83. The SMILES string of the molecule is CCc1ccccc1-n1c2ccccc2c2c(N(c3cccc4c3CCCC4)c3cc(C(C)C)c4ccc5c(N(c6cccc7c6CCCC7)c6cccc7c6c6ccccc6n7-c6ccccc6CC)cc(C(C)C)c6ccc3c4c65)cccc21. The first-order chi connectivity index (χ1) is 42.3. The molecule has 422 valence electrons. The zero-order valence-corrected chi connectivity index (χ0v) is 50.6. The van der Waals surface area contributed by atoms with Gasteiger partial charge in [0.25, 0.3) is 0 Å². The minimum absolute atomic E-state index is 0.247. The first-order valence-corrected chi connectivity index (χ1v) is 32.1. The summed E-state index contributed by atoms with van der Waals surface area (Å²) in [6, 6.07) is 80.1. The van der Waals surface area contributed by atoms with Gasteiger partial charge in [0, 0.05) is 55.1 Å². The summed E-state index contributed by atoms with van der Waals surface area (Å²) in [4.78, 5) is 5.46. The third-order valence-electron chi connectivity index (χ3n) is 19.9. The second-order valence-electron chi connectivity index (χ2n) is 25.3. The number of rotatable bonds is 12. The van der Waals surface area contributed by atoms with Crippen molar-refractivity contribution in [2.24, 2.45) is 0 Å². The van der Waals surface area contributed by atoms with Crippen molar-refractivity contribution >= 4 is 110 Å². The Hall–Kier alpha value is -9.12. The Balaban J connectivity index is 1.03. The minimum atomic E-state index is 0.247. The van der Waals surface area contributed by atoms with Crippen LogP contribution in [-0.4, -0.2) is 9.13 Å². The topological polar surface area (TPSA) is 16.3 Å². The minimum Gasteiger partial charge on any atom is -0.309 e. The summed E-state index contributed by atoms with van der Waals surface area (Å²) in [7, 11) is 0. The predicted octanol–water partition coefficient (Wildman–Crippen LogP) is 22.8. The molecule has 0 amide bonds. The smallest absolute Gasteiger partial charge is 0.0562 e. The summed E-state index contributed by atoms with van der Waals surface area (Å²) in [6.07, 6.45) is 11.0. The van der Waals surface area contributed by atoms with Crippen molar-refractivity contribution in [2.45, 2.75) is 118 Å². The quantitative estimate of drug-likeness (QED) is 0.113. The van der Waals surface area contributed by atoms with Crippen molar-refractivity contribution in [1.29, 1.82) is 0 Å². The Morgan fingerprint density at radius 3 is 1.14 bits per heavy atom. The Morgan fingerprint density at radius 2 is 0.698 bits per heavy atom. The maximum absolute atomic E-state index is 2.73. The van der Waals surface area contributed by atoms with Gasteiger partial charge in [0.15, 0.2) is 0 Å². The van der Waals surface area contributed by atoms with E-state index in [9.17, 15) is 0 Å². The number of aryl methyl sites for hydroxylation is 4. The van der Waals surface area contributed by atoms with Crippen LogP contribution in [0.25, 0.3) is 87.3 Å². The fourth-order valence-electron chi connectivity index (χ4n) is 16.0. The van der Waals surface area contributed by atoms with Crippen molar-refractivity contribution in [1.82, 2.24) is 9.13 Å². The van der Waals surface area contributed by atoms with Gasteiger partial charge in [-0.1, -0.05) is 175 Å². The summed E-state index contributed by atoms with van der Waals surface area (Å²) in [5.74, 6) is 0.495. The fourth-order valence-corrected chi connectivity index (χ4v) is 16.0. The molecule has 0 bridgehead atoms. The molecule has 0 unspecified atom stereocenters. The van der Waals surface area contributed by atoms with Crippen LogP contribution in [0.4, 0.5) is 34.1 Å². The van der Waals surface area contributed by atoms with E-state index in [0.717, 1.165) is 38.5 Å². The Kier molecular flexibility index (Phi) is 12.7. The van der Waals surface area contributed by atoms with Gasteiger partial charge < -0.3 is 18.9 Å². The molecule has 0 radical (unpaired) electrons. The maximum Gasteiger partial charge on any atom is 0.0562 e. The number of hydrogen-bond acceptors (Lipinski definition) is 2. The van der Waals surface area contributed by atoms with Crippen molar-refractivity contribution in [2.75, 3.05) is 9.80 Å². The van der Waals surface area contributed by atoms with Crippen molar-refractivity contribution in [3.8, 4) is 11.4 Å². The number of benzene rings is 12. The van der Waals surface area contributed by atoms with E-state index in [1.807, 2.05) is 0 Å². The zero-order valence-electron chi connectivity index (χ0n) is 50.6. The number of anilines is 6. The van der Waals surface area contributed by atoms with Crippen LogP contribution in [0.2, 0.25) is 0 Å². The number of aromatic nitrogens is 2. The Morgan fingerprint density at radius 1 is 0.326 bits per heavy atom. The molecule has 0 atom stereocenters. The van der Waals surface area contributed by atoms with Crippen LogP contribution in [0.1, 0.15) is 124 Å². The average Bonchev–Trinajstić information content (AvgIpc) is 0.977. The molecule has 0 N–H and O–H groups in total. The van der Waals surface area contributed by atoms with E-state index in [-0.39, 0.29) is 11.8 Å². The van der Waals surface area contributed by atoms with Crippen LogP contribution < -0.4 is 9.80 Å². The molecule has 86 heavy (non-hydrogen) atoms. The molecule has 2 aromatic heterocycles. The first kappa shape index (κ1) is 52.4. The van der Waals surface area contributed by atoms with E-state index < -0.39 is 0 Å². The molecule has 0 spiro atoms. The first-order valence-electron chi connectivity index (χ1n) is 32.1. The van der Waals surface area contributed by atoms with Crippen molar-refractivity contribution < 1.29 is 0 Å². The van der Waals surface area contributed by atoms with Gasteiger partial charge in [0.05, 0.1) is 44.8 Å². The molecular formula is C82H74N4. The second kappa shape index (κ2) is 20.8. The highest BCUT2D eigenvalue weighted by Gasteiger charge is 2.32. The van der Waals surface area contributed by atoms with Gasteiger partial charge in [-0.15, -0.1) is 0 Å². The molecule has 4 nitrogen and oxygen atoms in total. The summed E-state index contributed by atoms with van der Waals surface area (Å²) in [5.41, 5.74) is 26.3. The van der Waals surface area contributed by atoms with Crippen LogP contribution in [0.5, 0.6) is 0 Å². The highest BCUT2D eigenvalue weighted by atomic mass is 15.2. The highest BCUT2D eigenvalue weighted by Crippen LogP contribution is 2.55. The van der Waals surface area contributed by atoms with Crippen LogP contribution in [0.3, 0.4) is 0 Å². The second-order valence-corrected chi connectivity index (χ2v) is 25.3. The highest BCUT2D eigenvalue weighted by molar-refractivity contribution is 6.31. The standard InChI is InChI=1S/C82H74N4/c1-7-53-25-11-17-35-67(53)83-71-37-19-15-33-61(71)81-73(83)41-23-43-75(81)85(69-39-21-29-55-27-9-13-31-57(55)69)77-49-65(51(3)4)59-46-48-64-78(50-66(52(5)6)60-45-47-63(77)79(59)80(60)64)86(70-40-22-30-56-28-10-14-32-58(56)70)76-44-24-42-74-82(76)62-34-16-20-38-72(62)84(74)68-36-18-12-26-54(68)8-2/h11-12,15-26,29-30,33-52H,7-10,13-14,27-28,31-32H2,1-6H3. The van der Waals surface area contributed by atoms with Gasteiger partial charge >= 0.3 is 0 Å². The monoisotopic (exact) mass is 1110 g/mol. The largest absolute Gasteiger partial charge is 0.309 e. The number of nitrogens with zero attached hydrogens (tertiary/aromatic N) is 4. The molecule has 0 fully saturated rings. The molecule has 2 aliphatic rings. The molecule has 0 aliphatic heterocycles. The van der Waals surface area contributed by atoms with E-state index in [2.05, 4.69) is 267 Å². The lowest BCUT2D eigenvalue weighted by Crippen LogP contribution is -2.17. The van der Waals surface area contributed by atoms with Gasteiger partial charge in [-0.05, 0) is 215 Å². The fraction of sp³-hybridized carbons (Fsp3) is 0.220. The van der Waals surface area contributed by atoms with Gasteiger partial charge in [0.2, 0.25) is 0 Å². The molecule has 16 rings (SSSR count). The van der Waals surface area contributed by atoms with Crippen LogP contribution in [0.15, 0.2) is 206 Å². The average molecular weight is 1120 g/mol. The molecular weight excluding hydrogens is 1040 g/mol. The molecule has 12 aromatic carbocycles. The van der Waals surface area contributed by atoms with Gasteiger partial charge in [-0.2, -0.15) is 0 Å². The molecule has 2 aliphatic carbocycles. The van der Waals surface area contributed by atoms with E-state index in [1.165, 1.54) is 192 Å².